The monoisotopic (exact) mass is 238 g/mol. The molecule has 0 rings (SSSR count). The third-order valence-corrected chi connectivity index (χ3v) is 20.1. The van der Waals surface area contributed by atoms with Gasteiger partial charge in [-0.15, -0.1) is 0 Å². The van der Waals surface area contributed by atoms with Crippen molar-refractivity contribution in [2.45, 2.75) is 39.0 Å². The van der Waals surface area contributed by atoms with Crippen LogP contribution in [0.3, 0.4) is 0 Å². The molecule has 0 saturated heterocycles. The molecule has 80 valence electrons. The highest BCUT2D eigenvalue weighted by Gasteiger charge is 2.51. The van der Waals surface area contributed by atoms with E-state index in [1.165, 1.54) is 0 Å². The van der Waals surface area contributed by atoms with Crippen LogP contribution in [0.4, 0.5) is 0 Å². The predicted octanol–water partition coefficient (Wildman–Crippen LogP) is 2.56. The van der Waals surface area contributed by atoms with Crippen molar-refractivity contribution in [2.24, 2.45) is 0 Å². The summed E-state index contributed by atoms with van der Waals surface area (Å²) in [6.45, 7) is 11.7. The zero-order valence-electron chi connectivity index (χ0n) is 9.90. The summed E-state index contributed by atoms with van der Waals surface area (Å²) in [6.07, 6.45) is 0. The smallest absolute Gasteiger partial charge is 0.206 e. The molecule has 0 aliphatic rings. The first-order valence-electron chi connectivity index (χ1n) is 4.78. The van der Waals surface area contributed by atoms with E-state index in [0.29, 0.717) is 5.54 Å². The SMILES string of the molecule is CN[Si](C(C)C)(N(C)Cl)[Si](C)(C)C. The summed E-state index contributed by atoms with van der Waals surface area (Å²) in [4.78, 5) is 3.55. The quantitative estimate of drug-likeness (QED) is 0.599. The van der Waals surface area contributed by atoms with Gasteiger partial charge in [0.1, 0.15) is 0 Å². The van der Waals surface area contributed by atoms with Crippen LogP contribution in [0.1, 0.15) is 13.8 Å². The van der Waals surface area contributed by atoms with E-state index in [0.717, 1.165) is 0 Å². The van der Waals surface area contributed by atoms with Crippen molar-refractivity contribution < 1.29 is 0 Å². The van der Waals surface area contributed by atoms with E-state index in [1.54, 1.807) is 0 Å². The Bertz CT molecular complexity index is 158. The third-order valence-electron chi connectivity index (χ3n) is 2.85. The fourth-order valence-corrected chi connectivity index (χ4v) is 20.8. The maximum absolute atomic E-state index is 6.25. The van der Waals surface area contributed by atoms with Gasteiger partial charge in [-0.2, -0.15) is 0 Å². The maximum atomic E-state index is 6.25. The number of hydrogen-bond donors (Lipinski definition) is 1. The lowest BCUT2D eigenvalue weighted by Crippen LogP contribution is -2.74. The zero-order valence-corrected chi connectivity index (χ0v) is 12.7. The van der Waals surface area contributed by atoms with Crippen molar-refractivity contribution in [3.63, 3.8) is 0 Å². The normalized spacial score (nSPS) is 18.0. The van der Waals surface area contributed by atoms with Gasteiger partial charge in [0.25, 0.3) is 0 Å². The lowest BCUT2D eigenvalue weighted by Gasteiger charge is -2.47. The summed E-state index contributed by atoms with van der Waals surface area (Å²) in [5.41, 5.74) is 0.645. The van der Waals surface area contributed by atoms with Crippen molar-refractivity contribution in [3.05, 3.63) is 0 Å². The van der Waals surface area contributed by atoms with Gasteiger partial charge in [0.2, 0.25) is 7.91 Å². The Balaban J connectivity index is 5.12. The van der Waals surface area contributed by atoms with Gasteiger partial charge >= 0.3 is 0 Å². The molecule has 1 N–H and O–H groups in total. The molecule has 0 spiro atoms. The molecule has 0 radical (unpaired) electrons. The molecule has 2 nitrogen and oxygen atoms in total. The van der Waals surface area contributed by atoms with Crippen LogP contribution in [0.2, 0.25) is 25.2 Å². The Hall–Kier alpha value is 0.644. The standard InChI is InChI=1S/C8H23ClN2Si2/c1-8(2)13(10-3,11(4)9)12(5,6)7/h8,10H,1-7H3. The van der Waals surface area contributed by atoms with Crippen LogP contribution in [0.15, 0.2) is 0 Å². The van der Waals surface area contributed by atoms with Crippen molar-refractivity contribution in [2.75, 3.05) is 14.1 Å². The lowest BCUT2D eigenvalue weighted by molar-refractivity contribution is 0.739. The molecular formula is C8H23ClN2Si2. The molecule has 0 amide bonds. The Morgan fingerprint density at radius 1 is 1.23 bits per heavy atom. The second kappa shape index (κ2) is 4.44. The summed E-state index contributed by atoms with van der Waals surface area (Å²) in [5, 5.41) is 0. The maximum Gasteiger partial charge on any atom is 0.206 e. The molecule has 0 fully saturated rings. The molecule has 0 aliphatic heterocycles. The number of nitrogens with zero attached hydrogens (tertiary/aromatic N) is 1. The Morgan fingerprint density at radius 2 is 1.62 bits per heavy atom. The van der Waals surface area contributed by atoms with Crippen LogP contribution >= 0.6 is 11.8 Å². The van der Waals surface area contributed by atoms with E-state index in [1.807, 2.05) is 11.1 Å². The molecule has 0 aromatic carbocycles. The Kier molecular flexibility index (Phi) is 4.66. The molecule has 13 heavy (non-hydrogen) atoms. The van der Waals surface area contributed by atoms with Crippen molar-refractivity contribution in [1.82, 2.24) is 9.07 Å². The highest BCUT2D eigenvalue weighted by atomic mass is 35.5. The fraction of sp³-hybridized carbons (Fsp3) is 1.00. The summed E-state index contributed by atoms with van der Waals surface area (Å²) < 4.78 is 1.96. The van der Waals surface area contributed by atoms with Crippen molar-refractivity contribution in [3.8, 4) is 0 Å². The van der Waals surface area contributed by atoms with E-state index < -0.39 is 15.5 Å². The van der Waals surface area contributed by atoms with Crippen molar-refractivity contribution in [1.29, 1.82) is 0 Å². The van der Waals surface area contributed by atoms with Gasteiger partial charge in [-0.3, -0.25) is 0 Å². The molecule has 5 heteroatoms. The van der Waals surface area contributed by atoms with Gasteiger partial charge in [-0.05, 0) is 31.4 Å². The van der Waals surface area contributed by atoms with Gasteiger partial charge in [0, 0.05) is 0 Å². The third kappa shape index (κ3) is 2.36. The van der Waals surface area contributed by atoms with Crippen LogP contribution in [0, 0.1) is 0 Å². The van der Waals surface area contributed by atoms with Crippen LogP contribution in [-0.2, 0) is 0 Å². The van der Waals surface area contributed by atoms with Crippen LogP contribution < -0.4 is 4.98 Å². The molecule has 0 heterocycles. The average molecular weight is 239 g/mol. The Morgan fingerprint density at radius 3 is 1.62 bits per heavy atom. The largest absolute Gasteiger partial charge is 0.329 e. The second-order valence-corrected chi connectivity index (χ2v) is 20.8. The number of halogens is 1. The minimum absolute atomic E-state index is 0.645. The molecule has 0 aromatic rings. The van der Waals surface area contributed by atoms with Gasteiger partial charge in [-0.1, -0.05) is 33.5 Å². The molecule has 0 bridgehead atoms. The molecule has 0 aromatic heterocycles. The molecule has 0 saturated carbocycles. The average Bonchev–Trinajstić information content (AvgIpc) is 1.83. The molecule has 0 aliphatic carbocycles. The van der Waals surface area contributed by atoms with Crippen molar-refractivity contribution >= 4 is 27.3 Å². The van der Waals surface area contributed by atoms with E-state index in [4.69, 9.17) is 11.8 Å². The minimum atomic E-state index is -1.64. The highest BCUT2D eigenvalue weighted by Crippen LogP contribution is 2.31. The van der Waals surface area contributed by atoms with Crippen LogP contribution in [0.5, 0.6) is 0 Å². The van der Waals surface area contributed by atoms with Gasteiger partial charge < -0.3 is 4.98 Å². The van der Waals surface area contributed by atoms with Gasteiger partial charge in [0.05, 0.1) is 7.59 Å². The first-order chi connectivity index (χ1) is 5.70. The topological polar surface area (TPSA) is 15.3 Å². The van der Waals surface area contributed by atoms with E-state index in [9.17, 15) is 0 Å². The number of nitrogens with one attached hydrogen (secondary N) is 1. The summed E-state index contributed by atoms with van der Waals surface area (Å²) in [7, 11) is 1.18. The number of hydrogen-bond acceptors (Lipinski definition) is 2. The van der Waals surface area contributed by atoms with Crippen LogP contribution in [0.25, 0.3) is 0 Å². The lowest BCUT2D eigenvalue weighted by atomic mass is 10.6. The minimum Gasteiger partial charge on any atom is -0.329 e. The highest BCUT2D eigenvalue weighted by molar-refractivity contribution is 7.40. The second-order valence-electron chi connectivity index (χ2n) is 4.90. The van der Waals surface area contributed by atoms with E-state index in [2.05, 4.69) is 45.5 Å². The number of rotatable bonds is 4. The van der Waals surface area contributed by atoms with E-state index >= 15 is 0 Å². The van der Waals surface area contributed by atoms with Gasteiger partial charge in [0.15, 0.2) is 0 Å². The molecular weight excluding hydrogens is 216 g/mol. The first-order valence-corrected chi connectivity index (χ1v) is 11.6. The summed E-state index contributed by atoms with van der Waals surface area (Å²) in [5.74, 6) is 0. The Labute approximate surface area is 89.7 Å². The summed E-state index contributed by atoms with van der Waals surface area (Å²) >= 11 is 6.25. The zero-order chi connectivity index (χ0) is 10.9. The van der Waals surface area contributed by atoms with E-state index in [-0.39, 0.29) is 0 Å². The first kappa shape index (κ1) is 13.6. The fourth-order valence-electron chi connectivity index (χ4n) is 2.50. The molecule has 1 unspecified atom stereocenters. The molecule has 1 atom stereocenters. The van der Waals surface area contributed by atoms with Gasteiger partial charge in [-0.25, -0.2) is 4.08 Å². The predicted molar refractivity (Wildman–Crippen MR) is 66.9 cm³/mol. The van der Waals surface area contributed by atoms with Crippen LogP contribution in [-0.4, -0.2) is 33.7 Å². The summed E-state index contributed by atoms with van der Waals surface area (Å²) in [6, 6.07) is 0.